The first-order chi connectivity index (χ1) is 8.24. The summed E-state index contributed by atoms with van der Waals surface area (Å²) in [6.45, 7) is 8.47. The van der Waals surface area contributed by atoms with Gasteiger partial charge in [0.05, 0.1) is 6.10 Å². The zero-order chi connectivity index (χ0) is 12.3. The second kappa shape index (κ2) is 5.65. The molecule has 3 unspecified atom stereocenters. The second-order valence-corrected chi connectivity index (χ2v) is 4.92. The van der Waals surface area contributed by atoms with Crippen LogP contribution in [0.25, 0.3) is 0 Å². The topological polar surface area (TPSA) is 21.3 Å². The zero-order valence-electron chi connectivity index (χ0n) is 11.1. The van der Waals surface area contributed by atoms with Crippen molar-refractivity contribution < 1.29 is 4.74 Å². The van der Waals surface area contributed by atoms with E-state index < -0.39 is 0 Å². The third-order valence-electron chi connectivity index (χ3n) is 3.81. The monoisotopic (exact) mass is 233 g/mol. The summed E-state index contributed by atoms with van der Waals surface area (Å²) in [7, 11) is 0. The highest BCUT2D eigenvalue weighted by atomic mass is 16.5. The molecular weight excluding hydrogens is 210 g/mol. The van der Waals surface area contributed by atoms with Crippen LogP contribution in [-0.2, 0) is 4.74 Å². The van der Waals surface area contributed by atoms with E-state index in [-0.39, 0.29) is 0 Å². The molecule has 0 aliphatic carbocycles. The molecule has 0 spiro atoms. The Labute approximate surface area is 104 Å². The van der Waals surface area contributed by atoms with Crippen molar-refractivity contribution in [1.29, 1.82) is 0 Å². The molecule has 1 saturated heterocycles. The zero-order valence-corrected chi connectivity index (χ0v) is 11.1. The maximum atomic E-state index is 5.71. The fourth-order valence-corrected chi connectivity index (χ4v) is 2.83. The lowest BCUT2D eigenvalue weighted by atomic mass is 9.86. The van der Waals surface area contributed by atoms with E-state index in [2.05, 4.69) is 50.4 Å². The maximum Gasteiger partial charge on any atom is 0.0594 e. The first-order valence-electron chi connectivity index (χ1n) is 6.64. The van der Waals surface area contributed by atoms with Gasteiger partial charge in [0, 0.05) is 18.6 Å². The molecule has 17 heavy (non-hydrogen) atoms. The first-order valence-corrected chi connectivity index (χ1v) is 6.64. The van der Waals surface area contributed by atoms with Gasteiger partial charge < -0.3 is 10.1 Å². The highest BCUT2D eigenvalue weighted by molar-refractivity contribution is 5.29. The quantitative estimate of drug-likeness (QED) is 0.863. The van der Waals surface area contributed by atoms with Crippen molar-refractivity contribution >= 4 is 0 Å². The van der Waals surface area contributed by atoms with E-state index in [1.807, 2.05) is 0 Å². The van der Waals surface area contributed by atoms with E-state index in [1.54, 1.807) is 0 Å². The Kier molecular flexibility index (Phi) is 4.19. The average Bonchev–Trinajstić information content (AvgIpc) is 2.74. The SMILES string of the molecule is CCNC(c1ccccc1C)C1CCOC1C. The molecule has 0 saturated carbocycles. The minimum atomic E-state index is 0.360. The van der Waals surface area contributed by atoms with E-state index in [0.717, 1.165) is 19.6 Å². The summed E-state index contributed by atoms with van der Waals surface area (Å²) >= 11 is 0. The Bertz CT molecular complexity index is 364. The Hall–Kier alpha value is -0.860. The lowest BCUT2D eigenvalue weighted by Crippen LogP contribution is -2.32. The molecule has 1 N–H and O–H groups in total. The van der Waals surface area contributed by atoms with Crippen LogP contribution in [0, 0.1) is 12.8 Å². The highest BCUT2D eigenvalue weighted by Crippen LogP contribution is 2.34. The van der Waals surface area contributed by atoms with Gasteiger partial charge in [-0.3, -0.25) is 0 Å². The molecule has 94 valence electrons. The number of aryl methyl sites for hydroxylation is 1. The van der Waals surface area contributed by atoms with Crippen molar-refractivity contribution in [3.05, 3.63) is 35.4 Å². The molecule has 1 fully saturated rings. The van der Waals surface area contributed by atoms with Gasteiger partial charge >= 0.3 is 0 Å². The number of ether oxygens (including phenoxy) is 1. The minimum Gasteiger partial charge on any atom is -0.378 e. The molecule has 1 aliphatic rings. The van der Waals surface area contributed by atoms with Gasteiger partial charge in [-0.25, -0.2) is 0 Å². The molecule has 2 nitrogen and oxygen atoms in total. The van der Waals surface area contributed by atoms with E-state index >= 15 is 0 Å². The molecule has 2 heteroatoms. The lowest BCUT2D eigenvalue weighted by Gasteiger charge is -2.28. The molecule has 0 amide bonds. The molecule has 0 radical (unpaired) electrons. The normalized spacial score (nSPS) is 26.1. The maximum absolute atomic E-state index is 5.71. The summed E-state index contributed by atoms with van der Waals surface area (Å²) in [4.78, 5) is 0. The van der Waals surface area contributed by atoms with Crippen LogP contribution in [-0.4, -0.2) is 19.3 Å². The molecule has 1 aromatic carbocycles. The molecule has 0 bridgehead atoms. The van der Waals surface area contributed by atoms with Crippen molar-refractivity contribution in [2.45, 2.75) is 39.3 Å². The Morgan fingerprint density at radius 2 is 2.18 bits per heavy atom. The summed E-state index contributed by atoms with van der Waals surface area (Å²) in [5.41, 5.74) is 2.80. The van der Waals surface area contributed by atoms with Crippen molar-refractivity contribution in [2.24, 2.45) is 5.92 Å². The van der Waals surface area contributed by atoms with Crippen LogP contribution in [0.3, 0.4) is 0 Å². The van der Waals surface area contributed by atoms with Crippen molar-refractivity contribution in [2.75, 3.05) is 13.2 Å². The van der Waals surface area contributed by atoms with Gasteiger partial charge in [-0.05, 0) is 37.9 Å². The summed E-state index contributed by atoms with van der Waals surface area (Å²) in [6.07, 6.45) is 1.52. The van der Waals surface area contributed by atoms with E-state index in [1.165, 1.54) is 11.1 Å². The van der Waals surface area contributed by atoms with E-state index in [9.17, 15) is 0 Å². The fraction of sp³-hybridized carbons (Fsp3) is 0.600. The van der Waals surface area contributed by atoms with Gasteiger partial charge in [0.25, 0.3) is 0 Å². The Morgan fingerprint density at radius 3 is 2.76 bits per heavy atom. The number of hydrogen-bond donors (Lipinski definition) is 1. The van der Waals surface area contributed by atoms with Crippen molar-refractivity contribution in [3.63, 3.8) is 0 Å². The van der Waals surface area contributed by atoms with Crippen LogP contribution in [0.5, 0.6) is 0 Å². The summed E-state index contributed by atoms with van der Waals surface area (Å²) in [6, 6.07) is 9.11. The first kappa shape index (κ1) is 12.6. The number of benzene rings is 1. The summed E-state index contributed by atoms with van der Waals surface area (Å²) in [5.74, 6) is 0.594. The predicted molar refractivity (Wildman–Crippen MR) is 71.1 cm³/mol. The van der Waals surface area contributed by atoms with Crippen LogP contribution in [0.1, 0.15) is 37.4 Å². The fourth-order valence-electron chi connectivity index (χ4n) is 2.83. The van der Waals surface area contributed by atoms with Gasteiger partial charge in [0.2, 0.25) is 0 Å². The van der Waals surface area contributed by atoms with Gasteiger partial charge in [-0.1, -0.05) is 31.2 Å². The van der Waals surface area contributed by atoms with Crippen LogP contribution in [0.15, 0.2) is 24.3 Å². The molecule has 0 aromatic heterocycles. The number of nitrogens with one attached hydrogen (secondary N) is 1. The van der Waals surface area contributed by atoms with Crippen molar-refractivity contribution in [3.8, 4) is 0 Å². The van der Waals surface area contributed by atoms with Crippen molar-refractivity contribution in [1.82, 2.24) is 5.32 Å². The van der Waals surface area contributed by atoms with Crippen LogP contribution >= 0.6 is 0 Å². The van der Waals surface area contributed by atoms with Gasteiger partial charge in [0.1, 0.15) is 0 Å². The van der Waals surface area contributed by atoms with Gasteiger partial charge in [-0.2, -0.15) is 0 Å². The van der Waals surface area contributed by atoms with Gasteiger partial charge in [0.15, 0.2) is 0 Å². The minimum absolute atomic E-state index is 0.360. The molecular formula is C15H23NO. The number of rotatable bonds is 4. The van der Waals surface area contributed by atoms with E-state index in [0.29, 0.717) is 18.1 Å². The second-order valence-electron chi connectivity index (χ2n) is 4.92. The van der Waals surface area contributed by atoms with E-state index in [4.69, 9.17) is 4.74 Å². The molecule has 1 aliphatic heterocycles. The van der Waals surface area contributed by atoms with Crippen LogP contribution in [0.4, 0.5) is 0 Å². The Morgan fingerprint density at radius 1 is 1.41 bits per heavy atom. The Balaban J connectivity index is 2.25. The van der Waals surface area contributed by atoms with Gasteiger partial charge in [-0.15, -0.1) is 0 Å². The molecule has 2 rings (SSSR count). The van der Waals surface area contributed by atoms with Crippen LogP contribution in [0.2, 0.25) is 0 Å². The summed E-state index contributed by atoms with van der Waals surface area (Å²) in [5, 5.41) is 3.63. The predicted octanol–water partition coefficient (Wildman–Crippen LogP) is 3.07. The largest absolute Gasteiger partial charge is 0.378 e. The molecule has 1 aromatic rings. The molecule has 3 atom stereocenters. The third-order valence-corrected chi connectivity index (χ3v) is 3.81. The highest BCUT2D eigenvalue weighted by Gasteiger charge is 2.32. The average molecular weight is 233 g/mol. The standard InChI is InChI=1S/C15H23NO/c1-4-16-15(14-9-10-17-12(14)3)13-8-6-5-7-11(13)2/h5-8,12,14-16H,4,9-10H2,1-3H3. The molecule has 1 heterocycles. The van der Waals surface area contributed by atoms with Crippen LogP contribution < -0.4 is 5.32 Å². The third kappa shape index (κ3) is 2.70. The summed E-state index contributed by atoms with van der Waals surface area (Å²) < 4.78 is 5.71. The lowest BCUT2D eigenvalue weighted by molar-refractivity contribution is 0.0955. The number of hydrogen-bond acceptors (Lipinski definition) is 2. The smallest absolute Gasteiger partial charge is 0.0594 e.